The second-order valence-corrected chi connectivity index (χ2v) is 15.0. The van der Waals surface area contributed by atoms with Crippen molar-refractivity contribution in [2.75, 3.05) is 12.1 Å². The van der Waals surface area contributed by atoms with Crippen molar-refractivity contribution in [1.29, 1.82) is 0 Å². The van der Waals surface area contributed by atoms with Crippen LogP contribution in [0.25, 0.3) is 0 Å². The minimum Gasteiger partial charge on any atom is -0.508 e. The molecule has 12 heteroatoms. The molecule has 3 aromatic carbocycles. The topological polar surface area (TPSA) is 153 Å². The summed E-state index contributed by atoms with van der Waals surface area (Å²) in [6, 6.07) is 17.9. The number of aliphatic hydroxyl groups excluding tert-OH is 1. The number of aliphatic hydroxyl groups is 1. The first-order chi connectivity index (χ1) is 20.7. The van der Waals surface area contributed by atoms with Crippen LogP contribution in [-0.4, -0.2) is 76.3 Å². The lowest BCUT2D eigenvalue weighted by Gasteiger charge is -2.33. The molecule has 0 radical (unpaired) electrons. The van der Waals surface area contributed by atoms with E-state index in [1.54, 1.807) is 25.1 Å². The summed E-state index contributed by atoms with van der Waals surface area (Å²) in [6.45, 7) is 5.40. The van der Waals surface area contributed by atoms with Crippen molar-refractivity contribution < 1.29 is 33.0 Å². The number of thioether (sulfide) groups is 1. The molecule has 10 nitrogen and oxygen atoms in total. The first kappa shape index (κ1) is 33.0. The van der Waals surface area contributed by atoms with E-state index in [1.165, 1.54) is 40.9 Å². The van der Waals surface area contributed by atoms with Crippen LogP contribution in [0.4, 0.5) is 0 Å². The summed E-state index contributed by atoms with van der Waals surface area (Å²) in [5.41, 5.74) is 2.04. The third kappa shape index (κ3) is 7.61. The van der Waals surface area contributed by atoms with E-state index >= 15 is 0 Å². The van der Waals surface area contributed by atoms with Gasteiger partial charge in [0.2, 0.25) is 5.91 Å². The minimum absolute atomic E-state index is 0.0506. The van der Waals surface area contributed by atoms with Crippen molar-refractivity contribution in [2.45, 2.75) is 61.6 Å². The fourth-order valence-corrected chi connectivity index (χ4v) is 6.89. The van der Waals surface area contributed by atoms with Crippen LogP contribution in [0.15, 0.2) is 77.7 Å². The van der Waals surface area contributed by atoms with Gasteiger partial charge in [-0.05, 0) is 62.6 Å². The average Bonchev–Trinajstić information content (AvgIpc) is 3.31. The zero-order chi connectivity index (χ0) is 32.2. The van der Waals surface area contributed by atoms with E-state index < -0.39 is 50.5 Å². The van der Waals surface area contributed by atoms with Gasteiger partial charge in [-0.15, -0.1) is 11.8 Å². The number of hydrogen-bond donors (Lipinski definition) is 4. The van der Waals surface area contributed by atoms with Crippen LogP contribution in [0.3, 0.4) is 0 Å². The number of phenolic OH excluding ortho intramolecular Hbond substituents is 1. The smallest absolute Gasteiger partial charge is 0.254 e. The summed E-state index contributed by atoms with van der Waals surface area (Å²) in [4.78, 5) is 42.1. The number of nitrogens with zero attached hydrogens (tertiary/aromatic N) is 1. The number of hydrogen-bond acceptors (Lipinski definition) is 8. The molecule has 44 heavy (non-hydrogen) atoms. The third-order valence-corrected chi connectivity index (χ3v) is 10.2. The van der Waals surface area contributed by atoms with Crippen LogP contribution in [0.1, 0.15) is 40.9 Å². The molecule has 3 unspecified atom stereocenters. The van der Waals surface area contributed by atoms with Gasteiger partial charge >= 0.3 is 0 Å². The molecular weight excluding hydrogens is 603 g/mol. The number of nitrogens with one attached hydrogen (secondary N) is 2. The van der Waals surface area contributed by atoms with Crippen LogP contribution in [0, 0.1) is 6.92 Å². The zero-order valence-corrected chi connectivity index (χ0v) is 26.6. The minimum atomic E-state index is -3.35. The van der Waals surface area contributed by atoms with Gasteiger partial charge in [-0.3, -0.25) is 14.4 Å². The van der Waals surface area contributed by atoms with Crippen LogP contribution in [0.2, 0.25) is 0 Å². The fraction of sp³-hybridized carbons (Fsp3) is 0.344. The number of carbonyl (C=O) groups is 3. The number of carbonyl (C=O) groups excluding carboxylic acids is 3. The summed E-state index contributed by atoms with van der Waals surface area (Å²) in [5.74, 6) is -1.58. The molecule has 0 saturated carbocycles. The molecule has 1 saturated heterocycles. The summed E-state index contributed by atoms with van der Waals surface area (Å²) in [7, 11) is -3.35. The first-order valence-electron chi connectivity index (χ1n) is 14.0. The standard InChI is InChI=1S/C32H37N3O7S2/c1-20-24(11-8-12-26(20)36)29(38)34-25(17-21-9-6-5-7-10-21)27(37)31(40)35-19-43-32(2,3)28(35)30(39)33-18-22-13-15-23(16-14-22)44(4,41)42/h5-16,25,27-28,36-37H,17-19H2,1-4H3,(H,33,39)(H,34,38). The predicted molar refractivity (Wildman–Crippen MR) is 169 cm³/mol. The monoisotopic (exact) mass is 639 g/mol. The van der Waals surface area contributed by atoms with E-state index in [-0.39, 0.29) is 35.1 Å². The van der Waals surface area contributed by atoms with Gasteiger partial charge in [0.25, 0.3) is 11.8 Å². The fourth-order valence-electron chi connectivity index (χ4n) is 5.12. The van der Waals surface area contributed by atoms with Crippen molar-refractivity contribution in [1.82, 2.24) is 15.5 Å². The Morgan fingerprint density at radius 2 is 1.66 bits per heavy atom. The molecule has 0 bridgehead atoms. The molecule has 0 spiro atoms. The second-order valence-electron chi connectivity index (χ2n) is 11.4. The average molecular weight is 640 g/mol. The summed E-state index contributed by atoms with van der Waals surface area (Å²) in [6.07, 6.45) is -0.417. The third-order valence-electron chi connectivity index (χ3n) is 7.69. The molecule has 4 rings (SSSR count). The highest BCUT2D eigenvalue weighted by Gasteiger charge is 2.49. The van der Waals surface area contributed by atoms with E-state index in [4.69, 9.17) is 0 Å². The number of rotatable bonds is 10. The number of aromatic hydroxyl groups is 1. The van der Waals surface area contributed by atoms with Crippen molar-refractivity contribution >= 4 is 39.3 Å². The molecular formula is C32H37N3O7S2. The molecule has 3 amide bonds. The Balaban J connectivity index is 1.53. The van der Waals surface area contributed by atoms with Gasteiger partial charge in [0, 0.05) is 28.7 Å². The number of amides is 3. The number of phenols is 1. The highest BCUT2D eigenvalue weighted by Crippen LogP contribution is 2.40. The lowest BCUT2D eigenvalue weighted by atomic mass is 9.96. The summed E-state index contributed by atoms with van der Waals surface area (Å²) >= 11 is 1.40. The molecule has 1 aliphatic rings. The van der Waals surface area contributed by atoms with E-state index in [9.17, 15) is 33.0 Å². The molecule has 4 N–H and O–H groups in total. The lowest BCUT2D eigenvalue weighted by Crippen LogP contribution is -2.58. The van der Waals surface area contributed by atoms with Crippen LogP contribution in [0.5, 0.6) is 5.75 Å². The molecule has 3 atom stereocenters. The Morgan fingerprint density at radius 1 is 1.00 bits per heavy atom. The Morgan fingerprint density at radius 3 is 2.30 bits per heavy atom. The Bertz CT molecular complexity index is 1630. The van der Waals surface area contributed by atoms with Gasteiger partial charge in [-0.25, -0.2) is 8.42 Å². The van der Waals surface area contributed by atoms with Crippen LogP contribution >= 0.6 is 11.8 Å². The molecule has 1 fully saturated rings. The molecule has 0 aliphatic carbocycles. The predicted octanol–water partition coefficient (Wildman–Crippen LogP) is 2.80. The SMILES string of the molecule is Cc1c(O)cccc1C(=O)NC(Cc1ccccc1)C(O)C(=O)N1CSC(C)(C)C1C(=O)NCc1ccc(S(C)(=O)=O)cc1. The largest absolute Gasteiger partial charge is 0.508 e. The molecule has 234 valence electrons. The van der Waals surface area contributed by atoms with Gasteiger partial charge in [-0.1, -0.05) is 48.5 Å². The molecule has 0 aromatic heterocycles. The summed E-state index contributed by atoms with van der Waals surface area (Å²) < 4.78 is 22.8. The maximum atomic E-state index is 13.9. The second kappa shape index (κ2) is 13.4. The summed E-state index contributed by atoms with van der Waals surface area (Å²) in [5, 5.41) is 27.2. The van der Waals surface area contributed by atoms with Crippen LogP contribution in [-0.2, 0) is 32.4 Å². The highest BCUT2D eigenvalue weighted by molar-refractivity contribution is 8.00. The van der Waals surface area contributed by atoms with Gasteiger partial charge < -0.3 is 25.7 Å². The Kier molecular flexibility index (Phi) is 10.1. The maximum Gasteiger partial charge on any atom is 0.254 e. The van der Waals surface area contributed by atoms with E-state index in [1.807, 2.05) is 44.2 Å². The van der Waals surface area contributed by atoms with E-state index in [0.717, 1.165) is 11.8 Å². The van der Waals surface area contributed by atoms with E-state index in [0.29, 0.717) is 11.1 Å². The van der Waals surface area contributed by atoms with Crippen molar-refractivity contribution in [2.24, 2.45) is 0 Å². The van der Waals surface area contributed by atoms with Crippen molar-refractivity contribution in [3.05, 3.63) is 95.1 Å². The molecule has 1 heterocycles. The quantitative estimate of drug-likeness (QED) is 0.264. The van der Waals surface area contributed by atoms with Gasteiger partial charge in [0.1, 0.15) is 11.8 Å². The molecule has 3 aromatic rings. The number of sulfone groups is 1. The Hall–Kier alpha value is -3.87. The van der Waals surface area contributed by atoms with Crippen molar-refractivity contribution in [3.8, 4) is 5.75 Å². The normalized spacial score (nSPS) is 17.5. The first-order valence-corrected chi connectivity index (χ1v) is 16.9. The number of benzene rings is 3. The zero-order valence-electron chi connectivity index (χ0n) is 25.0. The highest BCUT2D eigenvalue weighted by atomic mass is 32.2. The van der Waals surface area contributed by atoms with Crippen LogP contribution < -0.4 is 10.6 Å². The Labute approximate surface area is 261 Å². The van der Waals surface area contributed by atoms with E-state index in [2.05, 4.69) is 10.6 Å². The lowest BCUT2D eigenvalue weighted by molar-refractivity contribution is -0.147. The molecule has 1 aliphatic heterocycles. The van der Waals surface area contributed by atoms with Gasteiger partial charge in [-0.2, -0.15) is 0 Å². The van der Waals surface area contributed by atoms with Gasteiger partial charge in [0.15, 0.2) is 15.9 Å². The maximum absolute atomic E-state index is 13.9. The van der Waals surface area contributed by atoms with Gasteiger partial charge in [0.05, 0.1) is 16.8 Å². The van der Waals surface area contributed by atoms with Crippen molar-refractivity contribution in [3.63, 3.8) is 0 Å².